The van der Waals surface area contributed by atoms with Gasteiger partial charge in [-0.25, -0.2) is 0 Å². The maximum absolute atomic E-state index is 6.13. The van der Waals surface area contributed by atoms with Crippen LogP contribution in [0.2, 0.25) is 5.02 Å². The van der Waals surface area contributed by atoms with Crippen molar-refractivity contribution in [2.24, 2.45) is 5.73 Å². The van der Waals surface area contributed by atoms with Crippen LogP contribution >= 0.6 is 23.4 Å². The van der Waals surface area contributed by atoms with Crippen molar-refractivity contribution in [1.82, 2.24) is 0 Å². The molecule has 84 valence electrons. The maximum Gasteiger partial charge on any atom is 0.0449 e. The van der Waals surface area contributed by atoms with Crippen molar-refractivity contribution >= 4 is 23.4 Å². The molecule has 1 aromatic rings. The SMILES string of the molecule is Cc1ccc(CSCC(C)(C)N)c(Cl)c1. The molecule has 0 fully saturated rings. The van der Waals surface area contributed by atoms with Gasteiger partial charge < -0.3 is 5.73 Å². The van der Waals surface area contributed by atoms with Crippen LogP contribution in [0.5, 0.6) is 0 Å². The Bertz CT molecular complexity index is 331. The largest absolute Gasteiger partial charge is 0.325 e. The summed E-state index contributed by atoms with van der Waals surface area (Å²) in [6.45, 7) is 6.12. The Morgan fingerprint density at radius 3 is 2.60 bits per heavy atom. The normalized spacial score (nSPS) is 11.8. The van der Waals surface area contributed by atoms with Crippen molar-refractivity contribution in [3.8, 4) is 0 Å². The molecule has 1 aromatic carbocycles. The minimum Gasteiger partial charge on any atom is -0.325 e. The highest BCUT2D eigenvalue weighted by molar-refractivity contribution is 7.98. The zero-order valence-electron chi connectivity index (χ0n) is 9.51. The first-order valence-electron chi connectivity index (χ1n) is 5.00. The summed E-state index contributed by atoms with van der Waals surface area (Å²) in [6.07, 6.45) is 0. The molecule has 2 N–H and O–H groups in total. The summed E-state index contributed by atoms with van der Waals surface area (Å²) < 4.78 is 0. The van der Waals surface area contributed by atoms with E-state index in [0.29, 0.717) is 0 Å². The van der Waals surface area contributed by atoms with E-state index in [4.69, 9.17) is 17.3 Å². The molecule has 0 amide bonds. The standard InChI is InChI=1S/C12H18ClNS/c1-9-4-5-10(11(13)6-9)7-15-8-12(2,3)14/h4-6H,7-8,14H2,1-3H3. The first-order chi connectivity index (χ1) is 6.88. The van der Waals surface area contributed by atoms with Crippen LogP contribution in [0.4, 0.5) is 0 Å². The van der Waals surface area contributed by atoms with Gasteiger partial charge in [0.2, 0.25) is 0 Å². The quantitative estimate of drug-likeness (QED) is 0.874. The lowest BCUT2D eigenvalue weighted by atomic mass is 10.1. The molecule has 0 unspecified atom stereocenters. The maximum atomic E-state index is 6.13. The summed E-state index contributed by atoms with van der Waals surface area (Å²) in [5, 5.41) is 0.859. The summed E-state index contributed by atoms with van der Waals surface area (Å²) in [5.74, 6) is 1.87. The van der Waals surface area contributed by atoms with Gasteiger partial charge >= 0.3 is 0 Å². The molecule has 0 aliphatic heterocycles. The molecule has 1 rings (SSSR count). The van der Waals surface area contributed by atoms with Crippen LogP contribution in [0.3, 0.4) is 0 Å². The Balaban J connectivity index is 2.51. The molecule has 0 aromatic heterocycles. The monoisotopic (exact) mass is 243 g/mol. The lowest BCUT2D eigenvalue weighted by Gasteiger charge is -2.17. The van der Waals surface area contributed by atoms with E-state index in [1.165, 1.54) is 11.1 Å². The molecule has 0 radical (unpaired) electrons. The minimum atomic E-state index is -0.109. The van der Waals surface area contributed by atoms with Gasteiger partial charge in [-0.3, -0.25) is 0 Å². The van der Waals surface area contributed by atoms with Crippen molar-refractivity contribution < 1.29 is 0 Å². The average Bonchev–Trinajstić information content (AvgIpc) is 2.07. The summed E-state index contributed by atoms with van der Waals surface area (Å²) in [6, 6.07) is 6.19. The molecule has 0 aliphatic carbocycles. The van der Waals surface area contributed by atoms with Gasteiger partial charge in [0.1, 0.15) is 0 Å². The third kappa shape index (κ3) is 4.92. The fourth-order valence-electron chi connectivity index (χ4n) is 1.19. The number of hydrogen-bond donors (Lipinski definition) is 1. The van der Waals surface area contributed by atoms with Crippen LogP contribution in [-0.4, -0.2) is 11.3 Å². The van der Waals surface area contributed by atoms with E-state index < -0.39 is 0 Å². The second kappa shape index (κ2) is 5.24. The molecule has 0 spiro atoms. The Hall–Kier alpha value is -0.180. The Morgan fingerprint density at radius 2 is 2.07 bits per heavy atom. The highest BCUT2D eigenvalue weighted by Crippen LogP contribution is 2.23. The molecule has 3 heteroatoms. The van der Waals surface area contributed by atoms with Crippen molar-refractivity contribution in [2.45, 2.75) is 32.1 Å². The van der Waals surface area contributed by atoms with Crippen molar-refractivity contribution in [1.29, 1.82) is 0 Å². The van der Waals surface area contributed by atoms with Gasteiger partial charge in [0.25, 0.3) is 0 Å². The van der Waals surface area contributed by atoms with E-state index in [0.717, 1.165) is 16.5 Å². The molecule has 0 atom stereocenters. The Labute approximate surface area is 101 Å². The molecular formula is C12H18ClNS. The van der Waals surface area contributed by atoms with Crippen LogP contribution in [0.25, 0.3) is 0 Å². The van der Waals surface area contributed by atoms with Crippen LogP contribution < -0.4 is 5.73 Å². The second-order valence-electron chi connectivity index (χ2n) is 4.58. The van der Waals surface area contributed by atoms with Gasteiger partial charge in [-0.15, -0.1) is 0 Å². The number of aryl methyl sites for hydroxylation is 1. The Morgan fingerprint density at radius 1 is 1.40 bits per heavy atom. The molecule has 0 bridgehead atoms. The zero-order chi connectivity index (χ0) is 11.5. The summed E-state index contributed by atoms with van der Waals surface area (Å²) in [5.41, 5.74) is 8.19. The highest BCUT2D eigenvalue weighted by atomic mass is 35.5. The van der Waals surface area contributed by atoms with E-state index in [9.17, 15) is 0 Å². The van der Waals surface area contributed by atoms with Crippen molar-refractivity contribution in [2.75, 3.05) is 5.75 Å². The molecule has 0 aliphatic rings. The van der Waals surface area contributed by atoms with Crippen LogP contribution in [0.1, 0.15) is 25.0 Å². The van der Waals surface area contributed by atoms with Gasteiger partial charge in [-0.2, -0.15) is 11.8 Å². The van der Waals surface area contributed by atoms with Gasteiger partial charge in [0, 0.05) is 22.1 Å². The number of hydrogen-bond acceptors (Lipinski definition) is 2. The van der Waals surface area contributed by atoms with E-state index >= 15 is 0 Å². The van der Waals surface area contributed by atoms with Crippen LogP contribution in [-0.2, 0) is 5.75 Å². The van der Waals surface area contributed by atoms with Crippen LogP contribution in [0.15, 0.2) is 18.2 Å². The summed E-state index contributed by atoms with van der Waals surface area (Å²) in [4.78, 5) is 0. The molecule has 0 heterocycles. The third-order valence-electron chi connectivity index (χ3n) is 1.94. The minimum absolute atomic E-state index is 0.109. The third-order valence-corrected chi connectivity index (χ3v) is 3.76. The number of halogens is 1. The lowest BCUT2D eigenvalue weighted by Crippen LogP contribution is -2.34. The molecule has 1 nitrogen and oxygen atoms in total. The predicted octanol–water partition coefficient (Wildman–Crippen LogP) is 3.62. The number of thioether (sulfide) groups is 1. The van der Waals surface area contributed by atoms with Gasteiger partial charge in [0.15, 0.2) is 0 Å². The molecule has 15 heavy (non-hydrogen) atoms. The lowest BCUT2D eigenvalue weighted by molar-refractivity contribution is 0.591. The smallest absolute Gasteiger partial charge is 0.0449 e. The van der Waals surface area contributed by atoms with Crippen molar-refractivity contribution in [3.05, 3.63) is 34.3 Å². The molecule has 0 saturated carbocycles. The summed E-state index contributed by atoms with van der Waals surface area (Å²) >= 11 is 7.96. The fraction of sp³-hybridized carbons (Fsp3) is 0.500. The number of nitrogens with two attached hydrogens (primary N) is 1. The van der Waals surface area contributed by atoms with Gasteiger partial charge in [-0.1, -0.05) is 23.7 Å². The average molecular weight is 244 g/mol. The van der Waals surface area contributed by atoms with Gasteiger partial charge in [0.05, 0.1) is 0 Å². The van der Waals surface area contributed by atoms with Gasteiger partial charge in [-0.05, 0) is 38.0 Å². The van der Waals surface area contributed by atoms with E-state index in [2.05, 4.69) is 12.1 Å². The predicted molar refractivity (Wildman–Crippen MR) is 70.6 cm³/mol. The topological polar surface area (TPSA) is 26.0 Å². The van der Waals surface area contributed by atoms with E-state index in [1.807, 2.05) is 38.6 Å². The first-order valence-corrected chi connectivity index (χ1v) is 6.53. The van der Waals surface area contributed by atoms with E-state index in [1.54, 1.807) is 0 Å². The van der Waals surface area contributed by atoms with Crippen LogP contribution in [0, 0.1) is 6.92 Å². The highest BCUT2D eigenvalue weighted by Gasteiger charge is 2.10. The second-order valence-corrected chi connectivity index (χ2v) is 5.97. The zero-order valence-corrected chi connectivity index (χ0v) is 11.1. The Kier molecular flexibility index (Phi) is 4.50. The summed E-state index contributed by atoms with van der Waals surface area (Å²) in [7, 11) is 0. The molecule has 0 saturated heterocycles. The fourth-order valence-corrected chi connectivity index (χ4v) is 2.67. The first kappa shape index (κ1) is 12.9. The van der Waals surface area contributed by atoms with Crippen molar-refractivity contribution in [3.63, 3.8) is 0 Å². The molecular weight excluding hydrogens is 226 g/mol. The number of benzene rings is 1. The number of rotatable bonds is 4. The van der Waals surface area contributed by atoms with E-state index in [-0.39, 0.29) is 5.54 Å².